The molecule has 3 nitrogen and oxygen atoms in total. The number of anilines is 1. The Balaban J connectivity index is 3.18. The van der Waals surface area contributed by atoms with Crippen molar-refractivity contribution in [3.63, 3.8) is 0 Å². The first-order valence-electron chi connectivity index (χ1n) is 4.92. The minimum Gasteiger partial charge on any atom is -0.465 e. The van der Waals surface area contributed by atoms with Crippen molar-refractivity contribution in [3.05, 3.63) is 29.3 Å². The molecule has 0 amide bonds. The largest absolute Gasteiger partial charge is 0.465 e. The summed E-state index contributed by atoms with van der Waals surface area (Å²) in [6.07, 6.45) is 5.80. The molecule has 1 aromatic carbocycles. The van der Waals surface area contributed by atoms with E-state index in [2.05, 4.69) is 10.7 Å². The van der Waals surface area contributed by atoms with E-state index in [1.807, 2.05) is 25.1 Å². The van der Waals surface area contributed by atoms with Gasteiger partial charge in [-0.25, -0.2) is 4.79 Å². The summed E-state index contributed by atoms with van der Waals surface area (Å²) >= 11 is 0. The van der Waals surface area contributed by atoms with Crippen LogP contribution < -0.4 is 4.90 Å². The van der Waals surface area contributed by atoms with E-state index in [4.69, 9.17) is 6.42 Å². The molecule has 0 aliphatic carbocycles. The lowest BCUT2D eigenvalue weighted by molar-refractivity contribution is 0.0600. The van der Waals surface area contributed by atoms with Crippen LogP contribution in [0.2, 0.25) is 0 Å². The fraction of sp³-hybridized carbons (Fsp3) is 0.308. The minimum absolute atomic E-state index is 0.344. The molecular weight excluding hydrogens is 202 g/mol. The number of terminal acetylenes is 1. The van der Waals surface area contributed by atoms with Gasteiger partial charge in [0.15, 0.2) is 0 Å². The van der Waals surface area contributed by atoms with Crippen molar-refractivity contribution < 1.29 is 9.53 Å². The Morgan fingerprint density at radius 2 is 2.19 bits per heavy atom. The fourth-order valence-corrected chi connectivity index (χ4v) is 1.52. The first-order valence-corrected chi connectivity index (χ1v) is 4.92. The van der Waals surface area contributed by atoms with Crippen LogP contribution in [0, 0.1) is 12.3 Å². The number of methoxy groups -OCH3 is 1. The SMILES string of the molecule is C#CCc1cc(C(=O)OC)ccc1N(C)C. The molecule has 0 spiro atoms. The van der Waals surface area contributed by atoms with Crippen LogP contribution in [0.3, 0.4) is 0 Å². The third kappa shape index (κ3) is 2.54. The van der Waals surface area contributed by atoms with Gasteiger partial charge in [0.05, 0.1) is 12.7 Å². The Kier molecular flexibility index (Phi) is 3.96. The van der Waals surface area contributed by atoms with Crippen molar-refractivity contribution >= 4 is 11.7 Å². The van der Waals surface area contributed by atoms with Crippen molar-refractivity contribution in [1.29, 1.82) is 0 Å². The maximum Gasteiger partial charge on any atom is 0.337 e. The molecule has 3 heteroatoms. The zero-order valence-electron chi connectivity index (χ0n) is 9.78. The summed E-state index contributed by atoms with van der Waals surface area (Å²) in [5.41, 5.74) is 2.50. The fourth-order valence-electron chi connectivity index (χ4n) is 1.52. The molecule has 0 aliphatic rings. The smallest absolute Gasteiger partial charge is 0.337 e. The maximum atomic E-state index is 11.4. The Morgan fingerprint density at radius 1 is 1.50 bits per heavy atom. The van der Waals surface area contributed by atoms with Gasteiger partial charge >= 0.3 is 5.97 Å². The monoisotopic (exact) mass is 217 g/mol. The highest BCUT2D eigenvalue weighted by Gasteiger charge is 2.10. The standard InChI is InChI=1S/C13H15NO2/c1-5-6-10-9-11(13(15)16-4)7-8-12(10)14(2)3/h1,7-9H,6H2,2-4H3. The molecule has 0 aliphatic heterocycles. The number of benzene rings is 1. The number of hydrogen-bond acceptors (Lipinski definition) is 3. The lowest BCUT2D eigenvalue weighted by Crippen LogP contribution is -2.12. The van der Waals surface area contributed by atoms with Crippen LogP contribution in [-0.4, -0.2) is 27.2 Å². The second-order valence-electron chi connectivity index (χ2n) is 3.61. The predicted molar refractivity (Wildman–Crippen MR) is 64.6 cm³/mol. The summed E-state index contributed by atoms with van der Waals surface area (Å²) < 4.78 is 4.67. The molecule has 0 N–H and O–H groups in total. The molecule has 84 valence electrons. The number of esters is 1. The van der Waals surface area contributed by atoms with E-state index in [1.165, 1.54) is 7.11 Å². The first-order chi connectivity index (χ1) is 7.60. The van der Waals surface area contributed by atoms with Gasteiger partial charge in [-0.05, 0) is 23.8 Å². The van der Waals surface area contributed by atoms with Crippen LogP contribution in [0.4, 0.5) is 5.69 Å². The van der Waals surface area contributed by atoms with Crippen molar-refractivity contribution in [2.75, 3.05) is 26.1 Å². The normalized spacial score (nSPS) is 9.38. The molecule has 0 heterocycles. The van der Waals surface area contributed by atoms with E-state index in [9.17, 15) is 4.79 Å². The Labute approximate surface area is 96.0 Å². The van der Waals surface area contributed by atoms with Crippen molar-refractivity contribution in [2.45, 2.75) is 6.42 Å². The van der Waals surface area contributed by atoms with E-state index in [1.54, 1.807) is 12.1 Å². The number of nitrogens with zero attached hydrogens (tertiary/aromatic N) is 1. The minimum atomic E-state index is -0.344. The van der Waals surface area contributed by atoms with Gasteiger partial charge < -0.3 is 9.64 Å². The van der Waals surface area contributed by atoms with E-state index in [-0.39, 0.29) is 5.97 Å². The summed E-state index contributed by atoms with van der Waals surface area (Å²) in [5, 5.41) is 0. The van der Waals surface area contributed by atoms with Crippen molar-refractivity contribution in [3.8, 4) is 12.3 Å². The maximum absolute atomic E-state index is 11.4. The van der Waals surface area contributed by atoms with Gasteiger partial charge in [0.2, 0.25) is 0 Å². The molecule has 0 unspecified atom stereocenters. The van der Waals surface area contributed by atoms with Gasteiger partial charge in [0.1, 0.15) is 0 Å². The zero-order chi connectivity index (χ0) is 12.1. The summed E-state index contributed by atoms with van der Waals surface area (Å²) in [4.78, 5) is 13.3. The van der Waals surface area contributed by atoms with Crippen LogP contribution in [-0.2, 0) is 11.2 Å². The molecule has 0 saturated carbocycles. The number of carbonyl (C=O) groups excluding carboxylic acids is 1. The average molecular weight is 217 g/mol. The highest BCUT2D eigenvalue weighted by molar-refractivity contribution is 5.90. The third-order valence-corrected chi connectivity index (χ3v) is 2.27. The second kappa shape index (κ2) is 5.22. The van der Waals surface area contributed by atoms with Gasteiger partial charge in [-0.3, -0.25) is 0 Å². The Hall–Kier alpha value is -1.95. The van der Waals surface area contributed by atoms with Crippen LogP contribution in [0.1, 0.15) is 15.9 Å². The molecule has 0 aromatic heterocycles. The Morgan fingerprint density at radius 3 is 2.69 bits per heavy atom. The van der Waals surface area contributed by atoms with Crippen LogP contribution in [0.5, 0.6) is 0 Å². The van der Waals surface area contributed by atoms with Crippen LogP contribution >= 0.6 is 0 Å². The highest BCUT2D eigenvalue weighted by Crippen LogP contribution is 2.21. The lowest BCUT2D eigenvalue weighted by atomic mass is 10.1. The summed E-state index contributed by atoms with van der Waals surface area (Å²) in [5.74, 6) is 2.24. The molecule has 0 radical (unpaired) electrons. The quantitative estimate of drug-likeness (QED) is 0.570. The molecule has 0 atom stereocenters. The average Bonchev–Trinajstić information content (AvgIpc) is 2.28. The van der Waals surface area contributed by atoms with Crippen molar-refractivity contribution in [2.24, 2.45) is 0 Å². The summed E-state index contributed by atoms with van der Waals surface area (Å²) in [6.45, 7) is 0. The van der Waals surface area contributed by atoms with Gasteiger partial charge in [0, 0.05) is 26.2 Å². The lowest BCUT2D eigenvalue weighted by Gasteiger charge is -2.17. The Bertz CT molecular complexity index is 430. The van der Waals surface area contributed by atoms with E-state index in [0.717, 1.165) is 11.3 Å². The molecular formula is C13H15NO2. The van der Waals surface area contributed by atoms with Gasteiger partial charge in [0.25, 0.3) is 0 Å². The molecule has 1 aromatic rings. The molecule has 0 bridgehead atoms. The van der Waals surface area contributed by atoms with Crippen LogP contribution in [0.15, 0.2) is 18.2 Å². The summed E-state index contributed by atoms with van der Waals surface area (Å²) in [7, 11) is 5.24. The number of carbonyl (C=O) groups is 1. The highest BCUT2D eigenvalue weighted by atomic mass is 16.5. The van der Waals surface area contributed by atoms with E-state index >= 15 is 0 Å². The topological polar surface area (TPSA) is 29.5 Å². The molecule has 1 rings (SSSR count). The first kappa shape index (κ1) is 12.1. The molecule has 0 fully saturated rings. The summed E-state index contributed by atoms with van der Waals surface area (Å²) in [6, 6.07) is 5.39. The van der Waals surface area contributed by atoms with Gasteiger partial charge in [-0.1, -0.05) is 0 Å². The number of rotatable bonds is 3. The van der Waals surface area contributed by atoms with Crippen molar-refractivity contribution in [1.82, 2.24) is 0 Å². The third-order valence-electron chi connectivity index (χ3n) is 2.27. The van der Waals surface area contributed by atoms with E-state index < -0.39 is 0 Å². The predicted octanol–water partition coefficient (Wildman–Crippen LogP) is 1.71. The van der Waals surface area contributed by atoms with E-state index in [0.29, 0.717) is 12.0 Å². The molecule has 0 saturated heterocycles. The zero-order valence-corrected chi connectivity index (χ0v) is 9.78. The molecule has 16 heavy (non-hydrogen) atoms. The number of hydrogen-bond donors (Lipinski definition) is 0. The van der Waals surface area contributed by atoms with Crippen LogP contribution in [0.25, 0.3) is 0 Å². The second-order valence-corrected chi connectivity index (χ2v) is 3.61. The number of ether oxygens (including phenoxy) is 1. The van der Waals surface area contributed by atoms with Gasteiger partial charge in [-0.15, -0.1) is 12.3 Å². The van der Waals surface area contributed by atoms with Gasteiger partial charge in [-0.2, -0.15) is 0 Å².